The molecule has 1 N–H and O–H groups in total. The number of nitrogens with one attached hydrogen (secondary N) is 1. The number of piperidine rings is 1. The number of likely N-dealkylation sites (tertiary alicyclic amines) is 1. The SMILES string of the molecule is O=C(NC1CCN(C(=O)[C@@H]2CCN(c3cccc(OC(F)(F)F)c3)C2=O)CC1)c1ccccc1. The zero-order valence-corrected chi connectivity index (χ0v) is 18.3. The molecule has 7 nitrogen and oxygen atoms in total. The van der Waals surface area contributed by atoms with E-state index in [1.807, 2.05) is 6.07 Å². The van der Waals surface area contributed by atoms with E-state index in [1.54, 1.807) is 29.2 Å². The van der Waals surface area contributed by atoms with E-state index in [0.717, 1.165) is 12.1 Å². The van der Waals surface area contributed by atoms with Gasteiger partial charge in [-0.2, -0.15) is 0 Å². The highest BCUT2D eigenvalue weighted by molar-refractivity contribution is 6.09. The first kappa shape index (κ1) is 23.6. The highest BCUT2D eigenvalue weighted by atomic mass is 19.4. The molecule has 0 radical (unpaired) electrons. The molecule has 2 aliphatic rings. The number of anilines is 1. The maximum Gasteiger partial charge on any atom is 0.573 e. The fourth-order valence-electron chi connectivity index (χ4n) is 4.34. The Morgan fingerprint density at radius 1 is 0.941 bits per heavy atom. The largest absolute Gasteiger partial charge is 0.573 e. The summed E-state index contributed by atoms with van der Waals surface area (Å²) in [4.78, 5) is 41.2. The van der Waals surface area contributed by atoms with Crippen molar-refractivity contribution in [1.29, 1.82) is 0 Å². The number of halogens is 3. The van der Waals surface area contributed by atoms with Crippen LogP contribution in [-0.4, -0.2) is 54.7 Å². The lowest BCUT2D eigenvalue weighted by molar-refractivity contribution is -0.274. The second kappa shape index (κ2) is 9.74. The molecule has 2 aromatic rings. The van der Waals surface area contributed by atoms with Gasteiger partial charge in [0.15, 0.2) is 0 Å². The van der Waals surface area contributed by atoms with E-state index in [2.05, 4.69) is 10.1 Å². The number of carbonyl (C=O) groups excluding carboxylic acids is 3. The zero-order valence-electron chi connectivity index (χ0n) is 18.3. The summed E-state index contributed by atoms with van der Waals surface area (Å²) in [6, 6.07) is 14.0. The highest BCUT2D eigenvalue weighted by Gasteiger charge is 2.41. The van der Waals surface area contributed by atoms with Crippen molar-refractivity contribution >= 4 is 23.4 Å². The Labute approximate surface area is 194 Å². The van der Waals surface area contributed by atoms with Crippen LogP contribution in [0.2, 0.25) is 0 Å². The molecule has 3 amide bonds. The van der Waals surface area contributed by atoms with E-state index in [9.17, 15) is 27.6 Å². The Morgan fingerprint density at radius 2 is 1.65 bits per heavy atom. The van der Waals surface area contributed by atoms with Crippen LogP contribution in [0.4, 0.5) is 18.9 Å². The van der Waals surface area contributed by atoms with E-state index in [-0.39, 0.29) is 36.5 Å². The molecule has 180 valence electrons. The number of amides is 3. The van der Waals surface area contributed by atoms with Gasteiger partial charge in [0, 0.05) is 43.0 Å². The maximum absolute atomic E-state index is 13.0. The first-order chi connectivity index (χ1) is 16.2. The first-order valence-electron chi connectivity index (χ1n) is 11.0. The third kappa shape index (κ3) is 5.49. The van der Waals surface area contributed by atoms with Crippen molar-refractivity contribution in [3.63, 3.8) is 0 Å². The summed E-state index contributed by atoms with van der Waals surface area (Å²) in [5, 5.41) is 2.98. The van der Waals surface area contributed by atoms with E-state index in [1.165, 1.54) is 17.0 Å². The average molecular weight is 475 g/mol. The standard InChI is InChI=1S/C24H24F3N3O4/c25-24(26,27)34-19-8-4-7-18(15-19)30-14-11-20(23(30)33)22(32)29-12-9-17(10-13-29)28-21(31)16-5-2-1-3-6-16/h1-8,15,17,20H,9-14H2,(H,28,31)/t20-/m0/s1. The van der Waals surface area contributed by atoms with Crippen LogP contribution in [0.3, 0.4) is 0 Å². The minimum absolute atomic E-state index is 0.0658. The van der Waals surface area contributed by atoms with Gasteiger partial charge < -0.3 is 19.9 Å². The number of carbonyl (C=O) groups is 3. The summed E-state index contributed by atoms with van der Waals surface area (Å²) in [5.74, 6) is -2.18. The van der Waals surface area contributed by atoms with Gasteiger partial charge in [-0.3, -0.25) is 14.4 Å². The zero-order chi connectivity index (χ0) is 24.3. The average Bonchev–Trinajstić information content (AvgIpc) is 3.20. The fourth-order valence-corrected chi connectivity index (χ4v) is 4.34. The Balaban J connectivity index is 1.32. The monoisotopic (exact) mass is 475 g/mol. The van der Waals surface area contributed by atoms with Gasteiger partial charge in [-0.15, -0.1) is 13.2 Å². The molecule has 1 atom stereocenters. The van der Waals surface area contributed by atoms with Crippen molar-refractivity contribution < 1.29 is 32.3 Å². The molecule has 0 aliphatic carbocycles. The lowest BCUT2D eigenvalue weighted by Gasteiger charge is -2.33. The molecule has 0 spiro atoms. The second-order valence-electron chi connectivity index (χ2n) is 8.32. The Kier molecular flexibility index (Phi) is 6.76. The minimum Gasteiger partial charge on any atom is -0.406 e. The number of hydrogen-bond donors (Lipinski definition) is 1. The van der Waals surface area contributed by atoms with E-state index < -0.39 is 23.9 Å². The van der Waals surface area contributed by atoms with Crippen molar-refractivity contribution in [3.05, 3.63) is 60.2 Å². The predicted octanol–water partition coefficient (Wildman–Crippen LogP) is 3.36. The number of benzene rings is 2. The molecule has 2 saturated heterocycles. The van der Waals surface area contributed by atoms with Crippen LogP contribution in [0.15, 0.2) is 54.6 Å². The third-order valence-electron chi connectivity index (χ3n) is 6.04. The summed E-state index contributed by atoms with van der Waals surface area (Å²) >= 11 is 0. The normalized spacial score (nSPS) is 19.3. The van der Waals surface area contributed by atoms with E-state index in [4.69, 9.17) is 0 Å². The molecule has 0 bridgehead atoms. The highest BCUT2D eigenvalue weighted by Crippen LogP contribution is 2.31. The van der Waals surface area contributed by atoms with Crippen molar-refractivity contribution in [3.8, 4) is 5.75 Å². The molecule has 0 saturated carbocycles. The second-order valence-corrected chi connectivity index (χ2v) is 8.32. The van der Waals surface area contributed by atoms with Crippen molar-refractivity contribution in [1.82, 2.24) is 10.2 Å². The molecular weight excluding hydrogens is 451 g/mol. The van der Waals surface area contributed by atoms with Crippen molar-refractivity contribution in [2.45, 2.75) is 31.7 Å². The summed E-state index contributed by atoms with van der Waals surface area (Å²) in [6.45, 7) is 1.06. The summed E-state index contributed by atoms with van der Waals surface area (Å²) in [7, 11) is 0. The summed E-state index contributed by atoms with van der Waals surface area (Å²) < 4.78 is 41.5. The van der Waals surface area contributed by atoms with Crippen LogP contribution < -0.4 is 15.0 Å². The number of hydrogen-bond acceptors (Lipinski definition) is 4. The van der Waals surface area contributed by atoms with E-state index >= 15 is 0 Å². The van der Waals surface area contributed by atoms with Crippen LogP contribution in [0.1, 0.15) is 29.6 Å². The quantitative estimate of drug-likeness (QED) is 0.673. The molecule has 0 unspecified atom stereocenters. The molecule has 2 heterocycles. The molecule has 4 rings (SSSR count). The van der Waals surface area contributed by atoms with Gasteiger partial charge in [0.1, 0.15) is 11.7 Å². The number of nitrogens with zero attached hydrogens (tertiary/aromatic N) is 2. The minimum atomic E-state index is -4.83. The Hall–Kier alpha value is -3.56. The molecule has 10 heteroatoms. The van der Waals surface area contributed by atoms with Crippen LogP contribution >= 0.6 is 0 Å². The lowest BCUT2D eigenvalue weighted by atomic mass is 10.0. The van der Waals surface area contributed by atoms with Crippen molar-refractivity contribution in [2.75, 3.05) is 24.5 Å². The summed E-state index contributed by atoms with van der Waals surface area (Å²) in [6.07, 6.45) is -3.40. The van der Waals surface area contributed by atoms with Gasteiger partial charge in [0.2, 0.25) is 11.8 Å². The van der Waals surface area contributed by atoms with E-state index in [0.29, 0.717) is 31.5 Å². The van der Waals surface area contributed by atoms with Gasteiger partial charge in [0.05, 0.1) is 0 Å². The van der Waals surface area contributed by atoms with Crippen LogP contribution in [0.25, 0.3) is 0 Å². The van der Waals surface area contributed by atoms with Gasteiger partial charge in [-0.25, -0.2) is 0 Å². The molecule has 34 heavy (non-hydrogen) atoms. The van der Waals surface area contributed by atoms with Crippen LogP contribution in [0, 0.1) is 5.92 Å². The van der Waals surface area contributed by atoms with Gasteiger partial charge in [-0.1, -0.05) is 24.3 Å². The molecule has 2 aromatic carbocycles. The topological polar surface area (TPSA) is 79.0 Å². The van der Waals surface area contributed by atoms with Gasteiger partial charge in [0.25, 0.3) is 5.91 Å². The lowest BCUT2D eigenvalue weighted by Crippen LogP contribution is -2.49. The predicted molar refractivity (Wildman–Crippen MR) is 117 cm³/mol. The Morgan fingerprint density at radius 3 is 2.32 bits per heavy atom. The molecule has 2 aliphatic heterocycles. The Bertz CT molecular complexity index is 1050. The molecule has 0 aromatic heterocycles. The number of rotatable bonds is 5. The number of ether oxygens (including phenoxy) is 1. The molecule has 2 fully saturated rings. The number of alkyl halides is 3. The van der Waals surface area contributed by atoms with Crippen molar-refractivity contribution in [2.24, 2.45) is 5.92 Å². The smallest absolute Gasteiger partial charge is 0.406 e. The van der Waals surface area contributed by atoms with Gasteiger partial charge >= 0.3 is 6.36 Å². The van der Waals surface area contributed by atoms with Crippen LogP contribution in [-0.2, 0) is 9.59 Å². The first-order valence-corrected chi connectivity index (χ1v) is 11.0. The maximum atomic E-state index is 13.0. The van der Waals surface area contributed by atoms with Crippen LogP contribution in [0.5, 0.6) is 5.75 Å². The summed E-state index contributed by atoms with van der Waals surface area (Å²) in [5.41, 5.74) is 0.826. The van der Waals surface area contributed by atoms with Gasteiger partial charge in [-0.05, 0) is 43.5 Å². The third-order valence-corrected chi connectivity index (χ3v) is 6.04. The fraction of sp³-hybridized carbons (Fsp3) is 0.375. The molecular formula is C24H24F3N3O4.